The maximum atomic E-state index is 11.8. The van der Waals surface area contributed by atoms with Crippen LogP contribution in [-0.2, 0) is 13.0 Å². The van der Waals surface area contributed by atoms with Crippen molar-refractivity contribution in [2.24, 2.45) is 4.99 Å². The summed E-state index contributed by atoms with van der Waals surface area (Å²) in [5.74, 6) is 0.829. The van der Waals surface area contributed by atoms with Gasteiger partial charge < -0.3 is 15.5 Å². The maximum absolute atomic E-state index is 11.8. The quantitative estimate of drug-likeness (QED) is 0.359. The molecule has 1 aromatic carbocycles. The zero-order valence-electron chi connectivity index (χ0n) is 15.5. The summed E-state index contributed by atoms with van der Waals surface area (Å²) in [7, 11) is 3.84. The minimum Gasteiger partial charge on any atom is -0.352 e. The molecule has 2 aromatic rings. The molecule has 0 saturated heterocycles. The first kappa shape index (κ1) is 22.4. The summed E-state index contributed by atoms with van der Waals surface area (Å²) in [5.41, 5.74) is 1.80. The van der Waals surface area contributed by atoms with Gasteiger partial charge in [-0.2, -0.15) is 0 Å². The van der Waals surface area contributed by atoms with E-state index < -0.39 is 0 Å². The number of amides is 1. The number of carbonyl (C=O) groups is 1. The molecule has 0 atom stereocenters. The number of rotatable bonds is 7. The summed E-state index contributed by atoms with van der Waals surface area (Å²) in [6.07, 6.45) is 1.01. The normalized spacial score (nSPS) is 10.8. The molecular formula is C19H27IN4OS. The van der Waals surface area contributed by atoms with E-state index in [0.29, 0.717) is 18.7 Å². The molecule has 0 fully saturated rings. The van der Waals surface area contributed by atoms with Crippen LogP contribution in [0.2, 0.25) is 0 Å². The van der Waals surface area contributed by atoms with E-state index in [0.717, 1.165) is 24.5 Å². The number of nitrogens with one attached hydrogen (secondary N) is 2. The van der Waals surface area contributed by atoms with Crippen LogP contribution < -0.4 is 10.6 Å². The first-order valence-electron chi connectivity index (χ1n) is 8.45. The standard InChI is InChI=1S/C19H26N4OS.HI/c1-4-21-18(24)16-9-7-15(8-10-16)14-22-19(20-2)23(3)12-11-17-6-5-13-25-17;/h5-10,13H,4,11-12,14H2,1-3H3,(H,20,22)(H,21,24);1H. The van der Waals surface area contributed by atoms with Gasteiger partial charge in [0.15, 0.2) is 5.96 Å². The summed E-state index contributed by atoms with van der Waals surface area (Å²) < 4.78 is 0. The number of halogens is 1. The van der Waals surface area contributed by atoms with E-state index in [9.17, 15) is 4.79 Å². The van der Waals surface area contributed by atoms with Crippen molar-refractivity contribution in [1.82, 2.24) is 15.5 Å². The van der Waals surface area contributed by atoms with Gasteiger partial charge in [0.2, 0.25) is 0 Å². The average molecular weight is 486 g/mol. The summed E-state index contributed by atoms with van der Waals surface area (Å²) in [4.78, 5) is 19.6. The first-order valence-corrected chi connectivity index (χ1v) is 9.33. The maximum Gasteiger partial charge on any atom is 0.251 e. The fourth-order valence-corrected chi connectivity index (χ4v) is 3.14. The van der Waals surface area contributed by atoms with E-state index in [1.807, 2.05) is 38.2 Å². The lowest BCUT2D eigenvalue weighted by atomic mass is 10.1. The Hall–Kier alpha value is -1.61. The molecular weight excluding hydrogens is 459 g/mol. The second-order valence-electron chi connectivity index (χ2n) is 5.71. The zero-order valence-corrected chi connectivity index (χ0v) is 18.6. The Kier molecular flexibility index (Phi) is 10.3. The largest absolute Gasteiger partial charge is 0.352 e. The van der Waals surface area contributed by atoms with Crippen molar-refractivity contribution in [3.8, 4) is 0 Å². The molecule has 2 rings (SSSR count). The van der Waals surface area contributed by atoms with E-state index >= 15 is 0 Å². The number of guanidine groups is 1. The van der Waals surface area contributed by atoms with Gasteiger partial charge in [-0.05, 0) is 42.5 Å². The smallest absolute Gasteiger partial charge is 0.251 e. The van der Waals surface area contributed by atoms with Gasteiger partial charge in [0.05, 0.1) is 0 Å². The lowest BCUT2D eigenvalue weighted by Crippen LogP contribution is -2.39. The highest BCUT2D eigenvalue weighted by molar-refractivity contribution is 14.0. The summed E-state index contributed by atoms with van der Waals surface area (Å²) in [6.45, 7) is 4.13. The van der Waals surface area contributed by atoms with Gasteiger partial charge in [-0.15, -0.1) is 35.3 Å². The molecule has 0 saturated carbocycles. The fourth-order valence-electron chi connectivity index (χ4n) is 2.44. The molecule has 0 unspecified atom stereocenters. The number of hydrogen-bond acceptors (Lipinski definition) is 3. The predicted molar refractivity (Wildman–Crippen MR) is 121 cm³/mol. The van der Waals surface area contributed by atoms with Crippen LogP contribution in [0.1, 0.15) is 27.7 Å². The molecule has 0 radical (unpaired) electrons. The predicted octanol–water partition coefficient (Wildman–Crippen LogP) is 3.37. The highest BCUT2D eigenvalue weighted by Gasteiger charge is 2.07. The third-order valence-corrected chi connectivity index (χ3v) is 4.79. The number of thiophene rings is 1. The number of benzene rings is 1. The summed E-state index contributed by atoms with van der Waals surface area (Å²) in [5, 5.41) is 8.27. The van der Waals surface area contributed by atoms with Crippen molar-refractivity contribution in [2.45, 2.75) is 19.9 Å². The van der Waals surface area contributed by atoms with Crippen LogP contribution in [0.15, 0.2) is 46.8 Å². The van der Waals surface area contributed by atoms with Crippen molar-refractivity contribution in [2.75, 3.05) is 27.2 Å². The highest BCUT2D eigenvalue weighted by atomic mass is 127. The van der Waals surface area contributed by atoms with Gasteiger partial charge >= 0.3 is 0 Å². The molecule has 1 heterocycles. The van der Waals surface area contributed by atoms with Crippen molar-refractivity contribution < 1.29 is 4.79 Å². The van der Waals surface area contributed by atoms with Crippen LogP contribution in [0, 0.1) is 0 Å². The summed E-state index contributed by atoms with van der Waals surface area (Å²) in [6, 6.07) is 11.9. The van der Waals surface area contributed by atoms with Gasteiger partial charge in [-0.1, -0.05) is 18.2 Å². The zero-order chi connectivity index (χ0) is 18.1. The van der Waals surface area contributed by atoms with Crippen molar-refractivity contribution >= 4 is 47.2 Å². The number of nitrogens with zero attached hydrogens (tertiary/aromatic N) is 2. The van der Waals surface area contributed by atoms with Gasteiger partial charge in [0, 0.05) is 44.2 Å². The van der Waals surface area contributed by atoms with Gasteiger partial charge in [0.1, 0.15) is 0 Å². The molecule has 0 aliphatic heterocycles. The Morgan fingerprint density at radius 1 is 1.19 bits per heavy atom. The molecule has 142 valence electrons. The molecule has 26 heavy (non-hydrogen) atoms. The Bertz CT molecular complexity index is 686. The van der Waals surface area contributed by atoms with Gasteiger partial charge in [0.25, 0.3) is 5.91 Å². The fraction of sp³-hybridized carbons (Fsp3) is 0.368. The molecule has 7 heteroatoms. The van der Waals surface area contributed by atoms with Crippen molar-refractivity contribution in [3.63, 3.8) is 0 Å². The van der Waals surface area contributed by atoms with Crippen LogP contribution >= 0.6 is 35.3 Å². The third kappa shape index (κ3) is 6.95. The first-order chi connectivity index (χ1) is 12.1. The average Bonchev–Trinajstić information content (AvgIpc) is 3.14. The van der Waals surface area contributed by atoms with E-state index in [1.54, 1.807) is 18.4 Å². The van der Waals surface area contributed by atoms with Crippen LogP contribution in [-0.4, -0.2) is 44.0 Å². The topological polar surface area (TPSA) is 56.7 Å². The minimum absolute atomic E-state index is 0. The van der Waals surface area contributed by atoms with Crippen LogP contribution in [0.3, 0.4) is 0 Å². The number of carbonyl (C=O) groups excluding carboxylic acids is 1. The third-order valence-electron chi connectivity index (χ3n) is 3.85. The van der Waals surface area contributed by atoms with Crippen molar-refractivity contribution in [1.29, 1.82) is 0 Å². The van der Waals surface area contributed by atoms with Crippen molar-refractivity contribution in [3.05, 3.63) is 57.8 Å². The second kappa shape index (κ2) is 11.9. The number of aliphatic imine (C=N–C) groups is 1. The summed E-state index contributed by atoms with van der Waals surface area (Å²) >= 11 is 1.78. The minimum atomic E-state index is -0.0360. The number of likely N-dealkylation sites (N-methyl/N-ethyl adjacent to an activating group) is 1. The molecule has 0 aliphatic carbocycles. The Morgan fingerprint density at radius 2 is 1.92 bits per heavy atom. The van der Waals surface area contributed by atoms with Gasteiger partial charge in [-0.25, -0.2) is 0 Å². The molecule has 1 aromatic heterocycles. The Labute approximate surface area is 176 Å². The van der Waals surface area contributed by atoms with E-state index in [-0.39, 0.29) is 29.9 Å². The second-order valence-corrected chi connectivity index (χ2v) is 6.74. The molecule has 2 N–H and O–H groups in total. The van der Waals surface area contributed by atoms with Crippen LogP contribution in [0.4, 0.5) is 0 Å². The SMILES string of the molecule is CCNC(=O)c1ccc(CNC(=NC)N(C)CCc2cccs2)cc1.I. The molecule has 0 spiro atoms. The number of hydrogen-bond donors (Lipinski definition) is 2. The highest BCUT2D eigenvalue weighted by Crippen LogP contribution is 2.09. The van der Waals surface area contributed by atoms with E-state index in [1.165, 1.54) is 4.88 Å². The monoisotopic (exact) mass is 486 g/mol. The lowest BCUT2D eigenvalue weighted by molar-refractivity contribution is 0.0956. The van der Waals surface area contributed by atoms with E-state index in [4.69, 9.17) is 0 Å². The molecule has 5 nitrogen and oxygen atoms in total. The Balaban J connectivity index is 0.00000338. The molecule has 0 aliphatic rings. The van der Waals surface area contributed by atoms with Gasteiger partial charge in [-0.3, -0.25) is 9.79 Å². The van der Waals surface area contributed by atoms with Crippen LogP contribution in [0.25, 0.3) is 0 Å². The van der Waals surface area contributed by atoms with Crippen LogP contribution in [0.5, 0.6) is 0 Å². The van der Waals surface area contributed by atoms with E-state index in [2.05, 4.69) is 38.0 Å². The Morgan fingerprint density at radius 3 is 2.50 bits per heavy atom. The molecule has 1 amide bonds. The molecule has 0 bridgehead atoms. The lowest BCUT2D eigenvalue weighted by Gasteiger charge is -2.22.